The molecule has 0 spiro atoms. The SMILES string of the molecule is Cc1ccc(N(C(=O)c2snc(C(N)=O)c2N)[C@@H](C(=O)NC2CCCC2)c2ccc(Cl)cc2)c(C)c1. The lowest BCUT2D eigenvalue weighted by Gasteiger charge is -2.33. The van der Waals surface area contributed by atoms with E-state index in [-0.39, 0.29) is 28.2 Å². The molecule has 5 N–H and O–H groups in total. The molecule has 1 heterocycles. The Balaban J connectivity index is 1.88. The quantitative estimate of drug-likeness (QED) is 0.416. The van der Waals surface area contributed by atoms with Gasteiger partial charge in [0.05, 0.1) is 5.69 Å². The number of aryl methyl sites for hydroxylation is 2. The molecule has 1 atom stereocenters. The van der Waals surface area contributed by atoms with Gasteiger partial charge in [0.2, 0.25) is 5.91 Å². The second kappa shape index (κ2) is 10.7. The number of hydrogen-bond donors (Lipinski definition) is 3. The lowest BCUT2D eigenvalue weighted by Crippen LogP contribution is -2.46. The Morgan fingerprint density at radius 3 is 2.36 bits per heavy atom. The van der Waals surface area contributed by atoms with Gasteiger partial charge >= 0.3 is 0 Å². The predicted molar refractivity (Wildman–Crippen MR) is 142 cm³/mol. The van der Waals surface area contributed by atoms with Crippen molar-refractivity contribution in [3.63, 3.8) is 0 Å². The fourth-order valence-electron chi connectivity index (χ4n) is 4.59. The molecule has 36 heavy (non-hydrogen) atoms. The van der Waals surface area contributed by atoms with Crippen molar-refractivity contribution in [2.45, 2.75) is 51.6 Å². The Morgan fingerprint density at radius 1 is 1.11 bits per heavy atom. The number of anilines is 2. The molecule has 1 saturated carbocycles. The maximum absolute atomic E-state index is 14.1. The summed E-state index contributed by atoms with van der Waals surface area (Å²) in [6.07, 6.45) is 3.87. The highest BCUT2D eigenvalue weighted by Gasteiger charge is 2.37. The number of hydrogen-bond acceptors (Lipinski definition) is 6. The van der Waals surface area contributed by atoms with E-state index in [1.54, 1.807) is 30.3 Å². The van der Waals surface area contributed by atoms with Crippen molar-refractivity contribution in [1.29, 1.82) is 0 Å². The smallest absolute Gasteiger partial charge is 0.273 e. The molecule has 0 unspecified atom stereocenters. The molecular weight excluding hydrogens is 498 g/mol. The first kappa shape index (κ1) is 25.7. The second-order valence-corrected chi connectivity index (χ2v) is 10.3. The van der Waals surface area contributed by atoms with Crippen LogP contribution >= 0.6 is 23.1 Å². The number of nitrogen functional groups attached to an aromatic ring is 1. The van der Waals surface area contributed by atoms with Crippen LogP contribution in [0.4, 0.5) is 11.4 Å². The van der Waals surface area contributed by atoms with Crippen LogP contribution in [0.2, 0.25) is 5.02 Å². The van der Waals surface area contributed by atoms with E-state index in [1.165, 1.54) is 4.90 Å². The van der Waals surface area contributed by atoms with Gasteiger partial charge in [-0.25, -0.2) is 0 Å². The molecule has 3 amide bonds. The normalized spacial score (nSPS) is 14.4. The largest absolute Gasteiger partial charge is 0.395 e. The van der Waals surface area contributed by atoms with Gasteiger partial charge in [0.1, 0.15) is 10.9 Å². The van der Waals surface area contributed by atoms with Gasteiger partial charge in [0.25, 0.3) is 11.8 Å². The number of nitrogens with one attached hydrogen (secondary N) is 1. The van der Waals surface area contributed by atoms with E-state index in [0.29, 0.717) is 16.3 Å². The van der Waals surface area contributed by atoms with Gasteiger partial charge in [-0.1, -0.05) is 54.3 Å². The van der Waals surface area contributed by atoms with E-state index in [2.05, 4.69) is 9.69 Å². The standard InChI is InChI=1S/C26H28ClN5O3S/c1-14-7-12-19(15(2)13-14)32(26(35)23-20(28)21(24(29)33)31-36-23)22(16-8-10-17(27)11-9-16)25(34)30-18-5-3-4-6-18/h7-13,18,22H,3-6,28H2,1-2H3,(H2,29,33)(H,30,34)/t22-/m1/s1. The number of halogens is 1. The predicted octanol–water partition coefficient (Wildman–Crippen LogP) is 4.54. The Hall–Kier alpha value is -3.43. The van der Waals surface area contributed by atoms with Gasteiger partial charge in [-0.05, 0) is 67.5 Å². The van der Waals surface area contributed by atoms with E-state index in [0.717, 1.165) is 48.3 Å². The second-order valence-electron chi connectivity index (χ2n) is 9.05. The fraction of sp³-hybridized carbons (Fsp3) is 0.308. The number of nitrogens with two attached hydrogens (primary N) is 2. The van der Waals surface area contributed by atoms with Crippen molar-refractivity contribution < 1.29 is 14.4 Å². The highest BCUT2D eigenvalue weighted by Crippen LogP contribution is 2.36. The summed E-state index contributed by atoms with van der Waals surface area (Å²) in [6, 6.07) is 11.5. The van der Waals surface area contributed by atoms with Gasteiger partial charge in [0, 0.05) is 16.8 Å². The first-order chi connectivity index (χ1) is 17.2. The third kappa shape index (κ3) is 5.22. The number of nitrogens with zero attached hydrogens (tertiary/aromatic N) is 2. The number of benzene rings is 2. The Kier molecular flexibility index (Phi) is 7.61. The van der Waals surface area contributed by atoms with Crippen molar-refractivity contribution in [1.82, 2.24) is 9.69 Å². The fourth-order valence-corrected chi connectivity index (χ4v) is 5.46. The molecule has 3 aromatic rings. The molecule has 0 aliphatic heterocycles. The van der Waals surface area contributed by atoms with Gasteiger partial charge in [0.15, 0.2) is 5.69 Å². The third-order valence-electron chi connectivity index (χ3n) is 6.38. The molecule has 0 bridgehead atoms. The van der Waals surface area contributed by atoms with Crippen LogP contribution in [0.15, 0.2) is 42.5 Å². The molecule has 1 aromatic heterocycles. The Labute approximate surface area is 218 Å². The molecule has 0 saturated heterocycles. The highest BCUT2D eigenvalue weighted by molar-refractivity contribution is 7.09. The third-order valence-corrected chi connectivity index (χ3v) is 7.48. The molecule has 2 aromatic carbocycles. The zero-order valence-corrected chi connectivity index (χ0v) is 21.7. The van der Waals surface area contributed by atoms with Crippen molar-refractivity contribution in [3.05, 3.63) is 74.7 Å². The summed E-state index contributed by atoms with van der Waals surface area (Å²) in [6.45, 7) is 3.83. The zero-order valence-electron chi connectivity index (χ0n) is 20.1. The minimum Gasteiger partial charge on any atom is -0.395 e. The molecule has 1 aliphatic carbocycles. The van der Waals surface area contributed by atoms with Crippen molar-refractivity contribution in [2.75, 3.05) is 10.6 Å². The average molecular weight is 526 g/mol. The minimum atomic E-state index is -1.02. The van der Waals surface area contributed by atoms with Gasteiger partial charge in [-0.3, -0.25) is 19.3 Å². The monoisotopic (exact) mass is 525 g/mol. The van der Waals surface area contributed by atoms with Crippen LogP contribution in [0.1, 0.15) is 68.6 Å². The summed E-state index contributed by atoms with van der Waals surface area (Å²) >= 11 is 6.92. The summed E-state index contributed by atoms with van der Waals surface area (Å²) < 4.78 is 4.00. The number of carbonyl (C=O) groups excluding carboxylic acids is 3. The van der Waals surface area contributed by atoms with Crippen molar-refractivity contribution in [2.24, 2.45) is 5.73 Å². The molecule has 188 valence electrons. The molecule has 8 nitrogen and oxygen atoms in total. The number of rotatable bonds is 7. The first-order valence-electron chi connectivity index (χ1n) is 11.7. The number of carbonyl (C=O) groups is 3. The summed E-state index contributed by atoms with van der Waals surface area (Å²) in [5.74, 6) is -1.68. The minimum absolute atomic E-state index is 0.0383. The summed E-state index contributed by atoms with van der Waals surface area (Å²) in [7, 11) is 0. The maximum atomic E-state index is 14.1. The van der Waals surface area contributed by atoms with Gasteiger partial charge in [-0.2, -0.15) is 4.37 Å². The average Bonchev–Trinajstić information content (AvgIpc) is 3.48. The number of primary amides is 1. The summed E-state index contributed by atoms with van der Waals surface area (Å²) in [5.41, 5.74) is 14.2. The van der Waals surface area contributed by atoms with Crippen LogP contribution in [-0.2, 0) is 4.79 Å². The zero-order chi connectivity index (χ0) is 26.0. The van der Waals surface area contributed by atoms with E-state index in [4.69, 9.17) is 23.1 Å². The number of amides is 3. The van der Waals surface area contributed by atoms with Crippen LogP contribution in [0.5, 0.6) is 0 Å². The van der Waals surface area contributed by atoms with Crippen LogP contribution < -0.4 is 21.7 Å². The van der Waals surface area contributed by atoms with Crippen molar-refractivity contribution >= 4 is 52.2 Å². The topological polar surface area (TPSA) is 131 Å². The molecule has 0 radical (unpaired) electrons. The van der Waals surface area contributed by atoms with Gasteiger partial charge in [-0.15, -0.1) is 0 Å². The van der Waals surface area contributed by atoms with Gasteiger partial charge < -0.3 is 16.8 Å². The molecular formula is C26H28ClN5O3S. The van der Waals surface area contributed by atoms with Crippen LogP contribution in [0, 0.1) is 13.8 Å². The lowest BCUT2D eigenvalue weighted by atomic mass is 10.00. The molecule has 4 rings (SSSR count). The molecule has 10 heteroatoms. The molecule has 1 aliphatic rings. The molecule has 1 fully saturated rings. The maximum Gasteiger partial charge on any atom is 0.273 e. The lowest BCUT2D eigenvalue weighted by molar-refractivity contribution is -0.123. The van der Waals surface area contributed by atoms with E-state index in [9.17, 15) is 14.4 Å². The summed E-state index contributed by atoms with van der Waals surface area (Å²) in [5, 5.41) is 3.64. The van der Waals surface area contributed by atoms with Crippen LogP contribution in [-0.4, -0.2) is 28.1 Å². The Bertz CT molecular complexity index is 1300. The van der Waals surface area contributed by atoms with Crippen LogP contribution in [0.25, 0.3) is 0 Å². The van der Waals surface area contributed by atoms with E-state index < -0.39 is 17.9 Å². The van der Waals surface area contributed by atoms with E-state index >= 15 is 0 Å². The first-order valence-corrected chi connectivity index (χ1v) is 12.8. The van der Waals surface area contributed by atoms with Crippen LogP contribution in [0.3, 0.4) is 0 Å². The van der Waals surface area contributed by atoms with Crippen molar-refractivity contribution in [3.8, 4) is 0 Å². The summed E-state index contributed by atoms with van der Waals surface area (Å²) in [4.78, 5) is 41.2. The highest BCUT2D eigenvalue weighted by atomic mass is 35.5. The Morgan fingerprint density at radius 2 is 1.78 bits per heavy atom. The number of aromatic nitrogens is 1. The van der Waals surface area contributed by atoms with E-state index in [1.807, 2.05) is 26.0 Å².